The number of Topliss-reactive ketones (excluding diaryl/α,β-unsaturated/α-hetero) is 1. The molecule has 0 aliphatic heterocycles. The minimum atomic E-state index is -0.599. The molecule has 0 atom stereocenters. The van der Waals surface area contributed by atoms with Gasteiger partial charge in [0.15, 0.2) is 5.78 Å². The average Bonchev–Trinajstić information content (AvgIpc) is 2.52. The first-order valence-corrected chi connectivity index (χ1v) is 4.73. The van der Waals surface area contributed by atoms with Crippen molar-refractivity contribution in [2.75, 3.05) is 0 Å². The van der Waals surface area contributed by atoms with Crippen molar-refractivity contribution in [1.29, 1.82) is 5.26 Å². The first-order chi connectivity index (χ1) is 5.97. The predicted molar refractivity (Wildman–Crippen MR) is 50.8 cm³/mol. The fourth-order valence-electron chi connectivity index (χ4n) is 0.770. The smallest absolute Gasteiger partial charge is 0.178 e. The Morgan fingerprint density at radius 2 is 2.31 bits per heavy atom. The largest absolute Gasteiger partial charge is 0.293 e. The first kappa shape index (κ1) is 9.87. The zero-order valence-electron chi connectivity index (χ0n) is 7.79. The molecule has 0 radical (unpaired) electrons. The van der Waals surface area contributed by atoms with Crippen LogP contribution in [0.1, 0.15) is 36.3 Å². The van der Waals surface area contributed by atoms with E-state index in [1.165, 1.54) is 18.3 Å². The Bertz CT molecular complexity index is 373. The Morgan fingerprint density at radius 1 is 1.69 bits per heavy atom. The maximum absolute atomic E-state index is 10.9. The summed E-state index contributed by atoms with van der Waals surface area (Å²) in [7, 11) is 0. The quantitative estimate of drug-likeness (QED) is 0.678. The van der Waals surface area contributed by atoms with E-state index in [1.54, 1.807) is 19.2 Å². The summed E-state index contributed by atoms with van der Waals surface area (Å²) in [6.07, 6.45) is 0. The number of carbonyl (C=O) groups is 1. The molecule has 0 saturated carbocycles. The number of nitriles is 1. The molecule has 0 amide bonds. The lowest BCUT2D eigenvalue weighted by Gasteiger charge is -2.09. The van der Waals surface area contributed by atoms with Crippen molar-refractivity contribution >= 4 is 17.1 Å². The van der Waals surface area contributed by atoms with Gasteiger partial charge < -0.3 is 0 Å². The van der Waals surface area contributed by atoms with Crippen molar-refractivity contribution in [3.63, 3.8) is 0 Å². The van der Waals surface area contributed by atoms with Crippen LogP contribution in [-0.2, 0) is 5.41 Å². The number of aromatic nitrogens is 1. The highest BCUT2D eigenvalue weighted by molar-refractivity contribution is 7.10. The van der Waals surface area contributed by atoms with Crippen LogP contribution in [0.25, 0.3) is 0 Å². The van der Waals surface area contributed by atoms with Crippen molar-refractivity contribution in [2.24, 2.45) is 0 Å². The molecule has 0 spiro atoms. The average molecular weight is 194 g/mol. The fourth-order valence-corrected chi connectivity index (χ4v) is 1.70. The standard InChI is InChI=1S/C9H10N2OS/c1-6(12)7-4-13-8(11-7)9(2,3)5-10/h4H,1-3H3. The van der Waals surface area contributed by atoms with Gasteiger partial charge in [0, 0.05) is 12.3 Å². The number of carbonyl (C=O) groups excluding carboxylic acids is 1. The molecule has 3 nitrogen and oxygen atoms in total. The Hall–Kier alpha value is -1.21. The molecule has 4 heteroatoms. The lowest BCUT2D eigenvalue weighted by atomic mass is 9.97. The molecular weight excluding hydrogens is 184 g/mol. The molecule has 1 aromatic rings. The Labute approximate surface area is 81.0 Å². The Morgan fingerprint density at radius 3 is 2.69 bits per heavy atom. The van der Waals surface area contributed by atoms with Gasteiger partial charge in [-0.15, -0.1) is 11.3 Å². The third kappa shape index (κ3) is 1.93. The summed E-state index contributed by atoms with van der Waals surface area (Å²) in [6, 6.07) is 2.15. The van der Waals surface area contributed by atoms with Gasteiger partial charge in [0.1, 0.15) is 16.1 Å². The molecule has 1 aromatic heterocycles. The lowest BCUT2D eigenvalue weighted by molar-refractivity contribution is 0.101. The van der Waals surface area contributed by atoms with Crippen LogP contribution in [0, 0.1) is 11.3 Å². The number of thiazole rings is 1. The van der Waals surface area contributed by atoms with Gasteiger partial charge in [-0.25, -0.2) is 4.98 Å². The van der Waals surface area contributed by atoms with Crippen molar-refractivity contribution in [3.8, 4) is 6.07 Å². The van der Waals surface area contributed by atoms with Crippen molar-refractivity contribution < 1.29 is 4.79 Å². The number of nitrogens with zero attached hydrogens (tertiary/aromatic N) is 2. The molecular formula is C9H10N2OS. The van der Waals surface area contributed by atoms with Crippen LogP contribution in [0.3, 0.4) is 0 Å². The molecule has 1 heterocycles. The van der Waals surface area contributed by atoms with Crippen molar-refractivity contribution in [1.82, 2.24) is 4.98 Å². The second-order valence-corrected chi connectivity index (χ2v) is 4.19. The summed E-state index contributed by atoms with van der Waals surface area (Å²) >= 11 is 1.35. The number of hydrogen-bond donors (Lipinski definition) is 0. The predicted octanol–water partition coefficient (Wildman–Crippen LogP) is 2.15. The van der Waals surface area contributed by atoms with E-state index in [4.69, 9.17) is 5.26 Å². The van der Waals surface area contributed by atoms with Crippen LogP contribution in [0.5, 0.6) is 0 Å². The number of hydrogen-bond acceptors (Lipinski definition) is 4. The van der Waals surface area contributed by atoms with Crippen molar-refractivity contribution in [3.05, 3.63) is 16.1 Å². The number of ketones is 1. The molecule has 0 N–H and O–H groups in total. The molecule has 0 bridgehead atoms. The van der Waals surface area contributed by atoms with Gasteiger partial charge in [-0.2, -0.15) is 5.26 Å². The highest BCUT2D eigenvalue weighted by Crippen LogP contribution is 2.25. The topological polar surface area (TPSA) is 53.8 Å². The van der Waals surface area contributed by atoms with Gasteiger partial charge in [0.25, 0.3) is 0 Å². The highest BCUT2D eigenvalue weighted by atomic mass is 32.1. The van der Waals surface area contributed by atoms with Gasteiger partial charge in [-0.05, 0) is 13.8 Å². The minimum absolute atomic E-state index is 0.0590. The SMILES string of the molecule is CC(=O)c1csc(C(C)(C)C#N)n1. The minimum Gasteiger partial charge on any atom is -0.293 e. The molecule has 0 fully saturated rings. The Kier molecular flexibility index (Phi) is 2.48. The Balaban J connectivity index is 3.07. The van der Waals surface area contributed by atoms with E-state index in [0.717, 1.165) is 0 Å². The van der Waals surface area contributed by atoms with Crippen LogP contribution >= 0.6 is 11.3 Å². The highest BCUT2D eigenvalue weighted by Gasteiger charge is 2.24. The third-order valence-corrected chi connectivity index (χ3v) is 2.85. The lowest BCUT2D eigenvalue weighted by Crippen LogP contribution is -2.13. The first-order valence-electron chi connectivity index (χ1n) is 3.85. The van der Waals surface area contributed by atoms with E-state index in [1.807, 2.05) is 0 Å². The molecule has 68 valence electrons. The van der Waals surface area contributed by atoms with Gasteiger partial charge in [-0.3, -0.25) is 4.79 Å². The molecule has 0 aliphatic rings. The van der Waals surface area contributed by atoms with Gasteiger partial charge in [-0.1, -0.05) is 0 Å². The van der Waals surface area contributed by atoms with Crippen LogP contribution in [0.2, 0.25) is 0 Å². The summed E-state index contributed by atoms with van der Waals surface area (Å²) in [5, 5.41) is 11.2. The zero-order chi connectivity index (χ0) is 10.1. The number of rotatable bonds is 2. The summed E-state index contributed by atoms with van der Waals surface area (Å²) in [4.78, 5) is 15.0. The zero-order valence-corrected chi connectivity index (χ0v) is 8.60. The maximum atomic E-state index is 10.9. The van der Waals surface area contributed by atoms with E-state index < -0.39 is 5.41 Å². The van der Waals surface area contributed by atoms with Crippen LogP contribution < -0.4 is 0 Å². The monoisotopic (exact) mass is 194 g/mol. The molecule has 13 heavy (non-hydrogen) atoms. The van der Waals surface area contributed by atoms with Gasteiger partial charge >= 0.3 is 0 Å². The van der Waals surface area contributed by atoms with E-state index in [2.05, 4.69) is 11.1 Å². The second-order valence-electron chi connectivity index (χ2n) is 3.33. The summed E-state index contributed by atoms with van der Waals surface area (Å²) in [5.41, 5.74) is -0.151. The van der Waals surface area contributed by atoms with Gasteiger partial charge in [0.05, 0.1) is 6.07 Å². The van der Waals surface area contributed by atoms with Crippen LogP contribution in [0.15, 0.2) is 5.38 Å². The maximum Gasteiger partial charge on any atom is 0.178 e. The van der Waals surface area contributed by atoms with E-state index in [0.29, 0.717) is 10.7 Å². The van der Waals surface area contributed by atoms with Crippen molar-refractivity contribution in [2.45, 2.75) is 26.2 Å². The van der Waals surface area contributed by atoms with E-state index in [9.17, 15) is 4.79 Å². The molecule has 1 rings (SSSR count). The normalized spacial score (nSPS) is 10.9. The second kappa shape index (κ2) is 3.27. The molecule has 0 unspecified atom stereocenters. The molecule has 0 saturated heterocycles. The summed E-state index contributed by atoms with van der Waals surface area (Å²) < 4.78 is 0. The van der Waals surface area contributed by atoms with E-state index >= 15 is 0 Å². The van der Waals surface area contributed by atoms with Crippen LogP contribution in [0.4, 0.5) is 0 Å². The molecule has 0 aromatic carbocycles. The molecule has 0 aliphatic carbocycles. The van der Waals surface area contributed by atoms with Crippen LogP contribution in [-0.4, -0.2) is 10.8 Å². The van der Waals surface area contributed by atoms with E-state index in [-0.39, 0.29) is 5.78 Å². The summed E-state index contributed by atoms with van der Waals surface area (Å²) in [5.74, 6) is -0.0590. The fraction of sp³-hybridized carbons (Fsp3) is 0.444. The van der Waals surface area contributed by atoms with Gasteiger partial charge in [0.2, 0.25) is 0 Å². The summed E-state index contributed by atoms with van der Waals surface area (Å²) in [6.45, 7) is 5.05. The third-order valence-electron chi connectivity index (χ3n) is 1.68.